The van der Waals surface area contributed by atoms with Gasteiger partial charge in [-0.25, -0.2) is 5.43 Å². The molecular formula is C12H26N2O. The molecule has 1 rings (SSSR count). The van der Waals surface area contributed by atoms with Crippen molar-refractivity contribution in [3.8, 4) is 0 Å². The molecule has 1 aliphatic rings. The molecule has 0 aromatic heterocycles. The van der Waals surface area contributed by atoms with Crippen molar-refractivity contribution in [3.05, 3.63) is 0 Å². The minimum absolute atomic E-state index is 0.462. The second-order valence-corrected chi connectivity index (χ2v) is 5.58. The zero-order chi connectivity index (χ0) is 11.3. The van der Waals surface area contributed by atoms with Crippen molar-refractivity contribution in [3.63, 3.8) is 0 Å². The Labute approximate surface area is 93.9 Å². The number of hydrogen-bond acceptors (Lipinski definition) is 3. The molecule has 0 atom stereocenters. The molecule has 0 aromatic rings. The molecule has 0 radical (unpaired) electrons. The van der Waals surface area contributed by atoms with Crippen LogP contribution in [0.5, 0.6) is 0 Å². The van der Waals surface area contributed by atoms with Crippen molar-refractivity contribution in [2.24, 2.45) is 11.3 Å². The van der Waals surface area contributed by atoms with E-state index in [1.165, 1.54) is 25.7 Å². The molecule has 15 heavy (non-hydrogen) atoms. The molecule has 90 valence electrons. The second-order valence-electron chi connectivity index (χ2n) is 5.58. The van der Waals surface area contributed by atoms with Crippen LogP contribution in [-0.2, 0) is 4.74 Å². The van der Waals surface area contributed by atoms with Gasteiger partial charge in [0, 0.05) is 0 Å². The Bertz CT molecular complexity index is 169. The maximum atomic E-state index is 5.71. The first-order chi connectivity index (χ1) is 7.04. The van der Waals surface area contributed by atoms with Gasteiger partial charge in [0.2, 0.25) is 0 Å². The van der Waals surface area contributed by atoms with Crippen molar-refractivity contribution in [2.75, 3.05) is 13.8 Å². The van der Waals surface area contributed by atoms with Crippen LogP contribution in [0.2, 0.25) is 0 Å². The lowest BCUT2D eigenvalue weighted by Crippen LogP contribution is -2.34. The molecule has 0 bridgehead atoms. The summed E-state index contributed by atoms with van der Waals surface area (Å²) in [6.07, 6.45) is 5.52. The first-order valence-corrected chi connectivity index (χ1v) is 6.05. The molecule has 0 aliphatic heterocycles. The Morgan fingerprint density at radius 2 is 1.73 bits per heavy atom. The zero-order valence-electron chi connectivity index (χ0n) is 10.6. The van der Waals surface area contributed by atoms with E-state index in [1.807, 2.05) is 7.05 Å². The summed E-state index contributed by atoms with van der Waals surface area (Å²) < 4.78 is 5.71. The molecule has 0 spiro atoms. The minimum Gasteiger partial charge on any atom is -0.362 e. The van der Waals surface area contributed by atoms with Crippen LogP contribution >= 0.6 is 0 Å². The van der Waals surface area contributed by atoms with Gasteiger partial charge in [0.25, 0.3) is 0 Å². The molecular weight excluding hydrogens is 188 g/mol. The van der Waals surface area contributed by atoms with Gasteiger partial charge in [0.05, 0.1) is 6.10 Å². The van der Waals surface area contributed by atoms with Gasteiger partial charge in [-0.3, -0.25) is 5.43 Å². The normalized spacial score (nSPS) is 28.0. The molecule has 1 saturated carbocycles. The lowest BCUT2D eigenvalue weighted by Gasteiger charge is -2.36. The molecule has 0 amide bonds. The van der Waals surface area contributed by atoms with Gasteiger partial charge in [0.1, 0.15) is 6.73 Å². The number of rotatable bonds is 4. The predicted molar refractivity (Wildman–Crippen MR) is 63.3 cm³/mol. The average molecular weight is 214 g/mol. The Morgan fingerprint density at radius 3 is 2.20 bits per heavy atom. The average Bonchev–Trinajstić information content (AvgIpc) is 2.18. The van der Waals surface area contributed by atoms with Crippen LogP contribution in [0.15, 0.2) is 0 Å². The van der Waals surface area contributed by atoms with E-state index in [0.717, 1.165) is 5.92 Å². The molecule has 3 heteroatoms. The molecule has 0 unspecified atom stereocenters. The van der Waals surface area contributed by atoms with Crippen LogP contribution in [-0.4, -0.2) is 19.9 Å². The van der Waals surface area contributed by atoms with E-state index in [-0.39, 0.29) is 0 Å². The topological polar surface area (TPSA) is 33.3 Å². The summed E-state index contributed by atoms with van der Waals surface area (Å²) in [5, 5.41) is 0. The molecule has 1 fully saturated rings. The lowest BCUT2D eigenvalue weighted by molar-refractivity contribution is -0.00800. The van der Waals surface area contributed by atoms with Gasteiger partial charge >= 0.3 is 0 Å². The van der Waals surface area contributed by atoms with E-state index < -0.39 is 0 Å². The van der Waals surface area contributed by atoms with E-state index in [9.17, 15) is 0 Å². The summed E-state index contributed by atoms with van der Waals surface area (Å²) in [6.45, 7) is 7.66. The standard InChI is InChI=1S/C12H26N2O/c1-12(2,3)10-5-7-11(8-6-10)15-9-14-13-4/h10-11,13-14H,5-9H2,1-4H3. The Hall–Kier alpha value is -0.120. The SMILES string of the molecule is CNNCOC1CCC(C(C)(C)C)CC1. The summed E-state index contributed by atoms with van der Waals surface area (Å²) in [7, 11) is 1.86. The van der Waals surface area contributed by atoms with Crippen molar-refractivity contribution >= 4 is 0 Å². The summed E-state index contributed by atoms with van der Waals surface area (Å²) in [4.78, 5) is 0. The fourth-order valence-electron chi connectivity index (χ4n) is 2.33. The fourth-order valence-corrected chi connectivity index (χ4v) is 2.33. The van der Waals surface area contributed by atoms with Crippen LogP contribution in [0, 0.1) is 11.3 Å². The van der Waals surface area contributed by atoms with Gasteiger partial charge in [-0.05, 0) is 44.1 Å². The van der Waals surface area contributed by atoms with Gasteiger partial charge < -0.3 is 4.74 Å². The number of hydrazine groups is 1. The van der Waals surface area contributed by atoms with Gasteiger partial charge in [-0.1, -0.05) is 20.8 Å². The van der Waals surface area contributed by atoms with Crippen molar-refractivity contribution in [2.45, 2.75) is 52.6 Å². The monoisotopic (exact) mass is 214 g/mol. The van der Waals surface area contributed by atoms with E-state index in [4.69, 9.17) is 4.74 Å². The Morgan fingerprint density at radius 1 is 1.13 bits per heavy atom. The van der Waals surface area contributed by atoms with Gasteiger partial charge in [0.15, 0.2) is 0 Å². The third-order valence-electron chi connectivity index (χ3n) is 3.47. The highest BCUT2D eigenvalue weighted by Gasteiger charge is 2.29. The van der Waals surface area contributed by atoms with E-state index >= 15 is 0 Å². The predicted octanol–water partition coefficient (Wildman–Crippen LogP) is 2.29. The molecule has 1 aliphatic carbocycles. The van der Waals surface area contributed by atoms with Crippen LogP contribution in [0.4, 0.5) is 0 Å². The number of ether oxygens (including phenoxy) is 1. The lowest BCUT2D eigenvalue weighted by atomic mass is 9.72. The van der Waals surface area contributed by atoms with Crippen LogP contribution in [0.25, 0.3) is 0 Å². The maximum Gasteiger partial charge on any atom is 0.109 e. The van der Waals surface area contributed by atoms with E-state index in [0.29, 0.717) is 18.2 Å². The molecule has 0 aromatic carbocycles. The molecule has 2 N–H and O–H groups in total. The van der Waals surface area contributed by atoms with E-state index in [2.05, 4.69) is 31.6 Å². The van der Waals surface area contributed by atoms with Crippen LogP contribution in [0.1, 0.15) is 46.5 Å². The fraction of sp³-hybridized carbons (Fsp3) is 1.00. The Kier molecular flexibility index (Phi) is 5.03. The van der Waals surface area contributed by atoms with Crippen molar-refractivity contribution < 1.29 is 4.74 Å². The summed E-state index contributed by atoms with van der Waals surface area (Å²) in [6, 6.07) is 0. The highest BCUT2D eigenvalue weighted by molar-refractivity contribution is 4.80. The second kappa shape index (κ2) is 5.83. The van der Waals surface area contributed by atoms with Crippen molar-refractivity contribution in [1.29, 1.82) is 0 Å². The van der Waals surface area contributed by atoms with E-state index in [1.54, 1.807) is 0 Å². The maximum absolute atomic E-state index is 5.71. The Balaban J connectivity index is 2.18. The zero-order valence-corrected chi connectivity index (χ0v) is 10.6. The number of nitrogens with one attached hydrogen (secondary N) is 2. The van der Waals surface area contributed by atoms with Crippen LogP contribution in [0.3, 0.4) is 0 Å². The van der Waals surface area contributed by atoms with Gasteiger partial charge in [-0.2, -0.15) is 0 Å². The largest absolute Gasteiger partial charge is 0.362 e. The smallest absolute Gasteiger partial charge is 0.109 e. The third kappa shape index (κ3) is 4.49. The van der Waals surface area contributed by atoms with Crippen molar-refractivity contribution in [1.82, 2.24) is 10.9 Å². The first kappa shape index (κ1) is 12.9. The number of hydrogen-bond donors (Lipinski definition) is 2. The summed E-state index contributed by atoms with van der Waals surface area (Å²) >= 11 is 0. The first-order valence-electron chi connectivity index (χ1n) is 6.05. The highest BCUT2D eigenvalue weighted by Crippen LogP contribution is 2.38. The quantitative estimate of drug-likeness (QED) is 0.428. The van der Waals surface area contributed by atoms with Gasteiger partial charge in [-0.15, -0.1) is 0 Å². The summed E-state index contributed by atoms with van der Waals surface area (Å²) in [5.74, 6) is 0.870. The molecule has 3 nitrogen and oxygen atoms in total. The summed E-state index contributed by atoms with van der Waals surface area (Å²) in [5.41, 5.74) is 6.30. The molecule has 0 saturated heterocycles. The van der Waals surface area contributed by atoms with Crippen LogP contribution < -0.4 is 10.9 Å². The minimum atomic E-state index is 0.462. The molecule has 0 heterocycles. The highest BCUT2D eigenvalue weighted by atomic mass is 16.5. The third-order valence-corrected chi connectivity index (χ3v) is 3.47.